The molecule has 1 aliphatic rings. The molecule has 2 nitrogen and oxygen atoms in total. The monoisotopic (exact) mass is 313 g/mol. The van der Waals surface area contributed by atoms with Crippen molar-refractivity contribution in [1.82, 2.24) is 5.32 Å². The Labute approximate surface area is 103 Å². The molecule has 0 saturated carbocycles. The molecule has 0 aliphatic heterocycles. The van der Waals surface area contributed by atoms with E-state index in [-0.39, 0.29) is 11.9 Å². The molecule has 1 aromatic carbocycles. The zero-order valence-electron chi connectivity index (χ0n) is 8.24. The number of nitrogens with one attached hydrogen (secondary N) is 1. The van der Waals surface area contributed by atoms with Gasteiger partial charge in [0.05, 0.1) is 0 Å². The van der Waals surface area contributed by atoms with Gasteiger partial charge < -0.3 is 5.32 Å². The zero-order chi connectivity index (χ0) is 10.7. The molecule has 0 heterocycles. The molecule has 0 saturated heterocycles. The number of hydrogen-bond acceptors (Lipinski definition) is 1. The van der Waals surface area contributed by atoms with Gasteiger partial charge in [-0.05, 0) is 53.6 Å². The lowest BCUT2D eigenvalue weighted by Crippen LogP contribution is -2.32. The lowest BCUT2D eigenvalue weighted by atomic mass is 10.2. The average Bonchev–Trinajstić information content (AvgIpc) is 2.70. The third-order valence-corrected chi connectivity index (χ3v) is 3.10. The fourth-order valence-corrected chi connectivity index (χ4v) is 2.18. The number of carbonyl (C=O) groups excluding carboxylic acids is 1. The SMILES string of the molecule is O=C(NC1CC=CC1)c1cccc(I)c1. The standard InChI is InChI=1S/C12H12INO/c13-10-5-3-4-9(8-10)12(15)14-11-6-1-2-7-11/h1-5,8,11H,6-7H2,(H,14,15). The zero-order valence-corrected chi connectivity index (χ0v) is 10.4. The molecule has 0 bridgehead atoms. The van der Waals surface area contributed by atoms with E-state index in [1.165, 1.54) is 0 Å². The van der Waals surface area contributed by atoms with Crippen LogP contribution in [0.25, 0.3) is 0 Å². The summed E-state index contributed by atoms with van der Waals surface area (Å²) in [5, 5.41) is 3.02. The molecule has 1 N–H and O–H groups in total. The maximum Gasteiger partial charge on any atom is 0.251 e. The van der Waals surface area contributed by atoms with E-state index in [2.05, 4.69) is 40.1 Å². The van der Waals surface area contributed by atoms with Gasteiger partial charge in [0.15, 0.2) is 0 Å². The highest BCUT2D eigenvalue weighted by Gasteiger charge is 2.14. The molecule has 78 valence electrons. The maximum absolute atomic E-state index is 11.8. The Morgan fingerprint density at radius 1 is 1.33 bits per heavy atom. The summed E-state index contributed by atoms with van der Waals surface area (Å²) in [5.41, 5.74) is 0.744. The van der Waals surface area contributed by atoms with Gasteiger partial charge in [-0.2, -0.15) is 0 Å². The van der Waals surface area contributed by atoms with Crippen molar-refractivity contribution >= 4 is 28.5 Å². The van der Waals surface area contributed by atoms with Crippen LogP contribution in [0.5, 0.6) is 0 Å². The van der Waals surface area contributed by atoms with Gasteiger partial charge in [0.2, 0.25) is 0 Å². The molecule has 1 aromatic rings. The Morgan fingerprint density at radius 3 is 2.73 bits per heavy atom. The lowest BCUT2D eigenvalue weighted by Gasteiger charge is -2.11. The van der Waals surface area contributed by atoms with Crippen LogP contribution in [-0.4, -0.2) is 11.9 Å². The summed E-state index contributed by atoms with van der Waals surface area (Å²) in [5.74, 6) is 0.0298. The largest absolute Gasteiger partial charge is 0.349 e. The Morgan fingerprint density at radius 2 is 2.07 bits per heavy atom. The molecule has 2 rings (SSSR count). The Hall–Kier alpha value is -0.840. The van der Waals surface area contributed by atoms with Crippen molar-refractivity contribution in [3.05, 3.63) is 45.6 Å². The van der Waals surface area contributed by atoms with E-state index in [1.807, 2.05) is 24.3 Å². The molecule has 1 aliphatic carbocycles. The van der Waals surface area contributed by atoms with E-state index >= 15 is 0 Å². The van der Waals surface area contributed by atoms with Crippen LogP contribution in [0, 0.1) is 3.57 Å². The van der Waals surface area contributed by atoms with Gasteiger partial charge in [0.1, 0.15) is 0 Å². The first-order valence-electron chi connectivity index (χ1n) is 4.97. The van der Waals surface area contributed by atoms with E-state index < -0.39 is 0 Å². The summed E-state index contributed by atoms with van der Waals surface area (Å²) in [6, 6.07) is 7.92. The Bertz CT molecular complexity index is 392. The van der Waals surface area contributed by atoms with Gasteiger partial charge in [-0.3, -0.25) is 4.79 Å². The van der Waals surface area contributed by atoms with Crippen LogP contribution >= 0.6 is 22.6 Å². The summed E-state index contributed by atoms with van der Waals surface area (Å²) in [4.78, 5) is 11.8. The molecule has 15 heavy (non-hydrogen) atoms. The quantitative estimate of drug-likeness (QED) is 0.660. The van der Waals surface area contributed by atoms with E-state index in [0.29, 0.717) is 0 Å². The number of carbonyl (C=O) groups is 1. The molecule has 0 atom stereocenters. The predicted molar refractivity (Wildman–Crippen MR) is 68.8 cm³/mol. The molecular weight excluding hydrogens is 301 g/mol. The maximum atomic E-state index is 11.8. The van der Waals surface area contributed by atoms with Crippen LogP contribution in [0.3, 0.4) is 0 Å². The van der Waals surface area contributed by atoms with Crippen LogP contribution in [0.15, 0.2) is 36.4 Å². The van der Waals surface area contributed by atoms with E-state index in [0.717, 1.165) is 22.0 Å². The normalized spacial score (nSPS) is 15.5. The number of benzene rings is 1. The van der Waals surface area contributed by atoms with E-state index in [4.69, 9.17) is 0 Å². The van der Waals surface area contributed by atoms with Gasteiger partial charge in [0.25, 0.3) is 5.91 Å². The van der Waals surface area contributed by atoms with Crippen molar-refractivity contribution in [3.63, 3.8) is 0 Å². The molecule has 0 radical (unpaired) electrons. The fourth-order valence-electron chi connectivity index (χ4n) is 1.63. The smallest absolute Gasteiger partial charge is 0.251 e. The van der Waals surface area contributed by atoms with Crippen LogP contribution in [0.2, 0.25) is 0 Å². The molecule has 0 unspecified atom stereocenters. The minimum atomic E-state index is 0.0298. The number of hydrogen-bond donors (Lipinski definition) is 1. The topological polar surface area (TPSA) is 29.1 Å². The fraction of sp³-hybridized carbons (Fsp3) is 0.250. The Kier molecular flexibility index (Phi) is 3.41. The first-order valence-corrected chi connectivity index (χ1v) is 6.05. The molecular formula is C12H12INO. The van der Waals surface area contributed by atoms with Crippen LogP contribution in [0.1, 0.15) is 23.2 Å². The number of rotatable bonds is 2. The van der Waals surface area contributed by atoms with E-state index in [1.54, 1.807) is 0 Å². The molecule has 1 amide bonds. The van der Waals surface area contributed by atoms with Crippen molar-refractivity contribution in [2.75, 3.05) is 0 Å². The minimum Gasteiger partial charge on any atom is -0.349 e. The van der Waals surface area contributed by atoms with Gasteiger partial charge in [0, 0.05) is 15.2 Å². The summed E-state index contributed by atoms with van der Waals surface area (Å²) in [6.07, 6.45) is 6.13. The summed E-state index contributed by atoms with van der Waals surface area (Å²) >= 11 is 2.21. The van der Waals surface area contributed by atoms with Crippen LogP contribution in [0.4, 0.5) is 0 Å². The average molecular weight is 313 g/mol. The summed E-state index contributed by atoms with van der Waals surface area (Å²) in [6.45, 7) is 0. The molecule has 0 aromatic heterocycles. The predicted octanol–water partition coefficient (Wildman–Crippen LogP) is 2.74. The third kappa shape index (κ3) is 2.81. The van der Waals surface area contributed by atoms with Crippen LogP contribution < -0.4 is 5.32 Å². The lowest BCUT2D eigenvalue weighted by molar-refractivity contribution is 0.0939. The van der Waals surface area contributed by atoms with Crippen molar-refractivity contribution < 1.29 is 4.79 Å². The van der Waals surface area contributed by atoms with Crippen LogP contribution in [-0.2, 0) is 0 Å². The second-order valence-corrected chi connectivity index (χ2v) is 4.87. The number of amides is 1. The highest BCUT2D eigenvalue weighted by atomic mass is 127. The molecule has 0 spiro atoms. The first-order chi connectivity index (χ1) is 7.25. The first kappa shape index (κ1) is 10.7. The van der Waals surface area contributed by atoms with Crippen molar-refractivity contribution in [2.45, 2.75) is 18.9 Å². The van der Waals surface area contributed by atoms with Crippen molar-refractivity contribution in [3.8, 4) is 0 Å². The minimum absolute atomic E-state index is 0.0298. The third-order valence-electron chi connectivity index (χ3n) is 2.43. The highest BCUT2D eigenvalue weighted by molar-refractivity contribution is 14.1. The van der Waals surface area contributed by atoms with E-state index in [9.17, 15) is 4.79 Å². The van der Waals surface area contributed by atoms with Crippen molar-refractivity contribution in [2.24, 2.45) is 0 Å². The second kappa shape index (κ2) is 4.79. The molecule has 0 fully saturated rings. The highest BCUT2D eigenvalue weighted by Crippen LogP contribution is 2.12. The second-order valence-electron chi connectivity index (χ2n) is 3.62. The Balaban J connectivity index is 2.01. The number of halogens is 1. The van der Waals surface area contributed by atoms with Crippen molar-refractivity contribution in [1.29, 1.82) is 0 Å². The summed E-state index contributed by atoms with van der Waals surface area (Å²) < 4.78 is 1.09. The van der Waals surface area contributed by atoms with Gasteiger partial charge >= 0.3 is 0 Å². The van der Waals surface area contributed by atoms with Gasteiger partial charge in [-0.15, -0.1) is 0 Å². The summed E-state index contributed by atoms with van der Waals surface area (Å²) in [7, 11) is 0. The molecule has 3 heteroatoms. The van der Waals surface area contributed by atoms with Gasteiger partial charge in [-0.25, -0.2) is 0 Å². The van der Waals surface area contributed by atoms with Gasteiger partial charge in [-0.1, -0.05) is 18.2 Å².